The summed E-state index contributed by atoms with van der Waals surface area (Å²) in [5, 5.41) is 11.0. The van der Waals surface area contributed by atoms with Crippen molar-refractivity contribution in [1.82, 2.24) is 4.98 Å². The van der Waals surface area contributed by atoms with Gasteiger partial charge < -0.3 is 14.7 Å². The molecule has 6 nitrogen and oxygen atoms in total. The number of hydrogen-bond donors (Lipinski definition) is 0. The Morgan fingerprint density at radius 3 is 2.85 bits per heavy atom. The smallest absolute Gasteiger partial charge is 0.413 e. The zero-order valence-electron chi connectivity index (χ0n) is 7.18. The molecule has 70 valence electrons. The van der Waals surface area contributed by atoms with Crippen molar-refractivity contribution >= 4 is 5.97 Å². The van der Waals surface area contributed by atoms with Crippen LogP contribution in [0.2, 0.25) is 0 Å². The predicted molar refractivity (Wildman–Crippen MR) is 41.1 cm³/mol. The number of methoxy groups -OCH3 is 2. The lowest BCUT2D eigenvalue weighted by atomic mass is 10.4. The molecule has 0 saturated heterocycles. The van der Waals surface area contributed by atoms with Crippen LogP contribution in [0.3, 0.4) is 0 Å². The van der Waals surface area contributed by atoms with Crippen molar-refractivity contribution in [3.8, 4) is 5.88 Å². The van der Waals surface area contributed by atoms with Gasteiger partial charge in [-0.1, -0.05) is 0 Å². The first-order valence-electron chi connectivity index (χ1n) is 3.41. The highest BCUT2D eigenvalue weighted by atomic mass is 16.6. The molecule has 1 aromatic rings. The first kappa shape index (κ1) is 9.24. The van der Waals surface area contributed by atoms with Gasteiger partial charge >= 0.3 is 11.8 Å². The lowest BCUT2D eigenvalue weighted by Crippen LogP contribution is -2.31. The fourth-order valence-electron chi connectivity index (χ4n) is 0.819. The Balaban J connectivity index is 3.20. The molecule has 0 fully saturated rings. The van der Waals surface area contributed by atoms with Gasteiger partial charge in [-0.05, 0) is 0 Å². The SMILES string of the molecule is COC(=O)c1ncc[n+]([O-])c1OC. The molecule has 0 aliphatic carbocycles. The van der Waals surface area contributed by atoms with E-state index >= 15 is 0 Å². The van der Waals surface area contributed by atoms with Gasteiger partial charge in [0, 0.05) is 0 Å². The molecule has 13 heavy (non-hydrogen) atoms. The molecular weight excluding hydrogens is 176 g/mol. The van der Waals surface area contributed by atoms with Crippen molar-refractivity contribution in [2.45, 2.75) is 0 Å². The molecule has 0 aliphatic heterocycles. The molecule has 0 amide bonds. The molecule has 0 spiro atoms. The quantitative estimate of drug-likeness (QED) is 0.352. The average molecular weight is 184 g/mol. The maximum absolute atomic E-state index is 11.0. The maximum Gasteiger partial charge on any atom is 0.413 e. The topological polar surface area (TPSA) is 75.4 Å². The van der Waals surface area contributed by atoms with E-state index in [4.69, 9.17) is 0 Å². The van der Waals surface area contributed by atoms with Gasteiger partial charge in [-0.3, -0.25) is 0 Å². The van der Waals surface area contributed by atoms with Crippen molar-refractivity contribution in [3.63, 3.8) is 0 Å². The summed E-state index contributed by atoms with van der Waals surface area (Å²) in [5.74, 6) is -0.878. The molecule has 0 N–H and O–H groups in total. The van der Waals surface area contributed by atoms with Gasteiger partial charge in [0.1, 0.15) is 0 Å². The Hall–Kier alpha value is -1.85. The standard InChI is InChI=1S/C7H8N2O4/c1-12-6-5(7(10)13-2)8-3-4-9(6)11/h3-4H,1-2H3. The largest absolute Gasteiger partial charge is 0.616 e. The van der Waals surface area contributed by atoms with Crippen LogP contribution in [0.4, 0.5) is 0 Å². The van der Waals surface area contributed by atoms with Crippen LogP contribution in [0.25, 0.3) is 0 Å². The van der Waals surface area contributed by atoms with Gasteiger partial charge in [0.15, 0.2) is 0 Å². The highest BCUT2D eigenvalue weighted by molar-refractivity contribution is 5.88. The first-order valence-corrected chi connectivity index (χ1v) is 3.41. The second-order valence-electron chi connectivity index (χ2n) is 2.10. The monoisotopic (exact) mass is 184 g/mol. The third-order valence-electron chi connectivity index (χ3n) is 1.38. The molecule has 0 atom stereocenters. The molecule has 1 heterocycles. The molecule has 0 aromatic carbocycles. The Morgan fingerprint density at radius 1 is 1.62 bits per heavy atom. The van der Waals surface area contributed by atoms with Crippen LogP contribution >= 0.6 is 0 Å². The number of rotatable bonds is 2. The van der Waals surface area contributed by atoms with E-state index in [0.717, 1.165) is 6.20 Å². The third kappa shape index (κ3) is 1.66. The molecule has 6 heteroatoms. The predicted octanol–water partition coefficient (Wildman–Crippen LogP) is -0.490. The summed E-state index contributed by atoms with van der Waals surface area (Å²) in [5.41, 5.74) is -0.137. The van der Waals surface area contributed by atoms with Crippen LogP contribution < -0.4 is 9.47 Å². The van der Waals surface area contributed by atoms with E-state index in [2.05, 4.69) is 14.5 Å². The van der Waals surface area contributed by atoms with Crippen LogP contribution in [0.15, 0.2) is 12.4 Å². The molecule has 0 unspecified atom stereocenters. The number of aromatic nitrogens is 2. The van der Waals surface area contributed by atoms with Crippen LogP contribution in [0, 0.1) is 5.21 Å². The molecule has 1 rings (SSSR count). The number of carbonyl (C=O) groups excluding carboxylic acids is 1. The molecule has 0 radical (unpaired) electrons. The van der Waals surface area contributed by atoms with Gasteiger partial charge in [0.25, 0.3) is 5.69 Å². The Labute approximate surface area is 74.3 Å². The Morgan fingerprint density at radius 2 is 2.31 bits per heavy atom. The van der Waals surface area contributed by atoms with E-state index in [0.29, 0.717) is 4.73 Å². The molecule has 0 saturated carbocycles. The number of ether oxygens (including phenoxy) is 2. The van der Waals surface area contributed by atoms with Gasteiger partial charge in [-0.2, -0.15) is 0 Å². The summed E-state index contributed by atoms with van der Waals surface area (Å²) in [6.07, 6.45) is 2.33. The second-order valence-corrected chi connectivity index (χ2v) is 2.10. The summed E-state index contributed by atoms with van der Waals surface area (Å²) in [7, 11) is 2.48. The van der Waals surface area contributed by atoms with Gasteiger partial charge in [0.2, 0.25) is 6.20 Å². The molecule has 1 aromatic heterocycles. The Kier molecular flexibility index (Phi) is 2.63. The van der Waals surface area contributed by atoms with E-state index in [1.165, 1.54) is 20.4 Å². The normalized spacial score (nSPS) is 9.38. The summed E-state index contributed by atoms with van der Waals surface area (Å²) < 4.78 is 9.49. The molecule has 0 bridgehead atoms. The van der Waals surface area contributed by atoms with Crippen LogP contribution in [-0.4, -0.2) is 25.2 Å². The summed E-state index contributed by atoms with van der Waals surface area (Å²) in [6.45, 7) is 0. The first-order chi connectivity index (χ1) is 6.20. The molecule has 0 aliphatic rings. The third-order valence-corrected chi connectivity index (χ3v) is 1.38. The number of nitrogens with zero attached hydrogens (tertiary/aromatic N) is 2. The van der Waals surface area contributed by atoms with Crippen LogP contribution in [0.1, 0.15) is 10.5 Å². The van der Waals surface area contributed by atoms with E-state index in [1.807, 2.05) is 0 Å². The highest BCUT2D eigenvalue weighted by Gasteiger charge is 2.22. The summed E-state index contributed by atoms with van der Waals surface area (Å²) in [6, 6.07) is 0. The molecular formula is C7H8N2O4. The summed E-state index contributed by atoms with van der Waals surface area (Å²) in [4.78, 5) is 14.7. The van der Waals surface area contributed by atoms with Crippen LogP contribution in [0.5, 0.6) is 5.88 Å². The van der Waals surface area contributed by atoms with E-state index in [9.17, 15) is 10.0 Å². The van der Waals surface area contributed by atoms with Gasteiger partial charge in [-0.25, -0.2) is 9.78 Å². The van der Waals surface area contributed by atoms with Crippen molar-refractivity contribution in [2.75, 3.05) is 14.2 Å². The van der Waals surface area contributed by atoms with E-state index < -0.39 is 5.97 Å². The van der Waals surface area contributed by atoms with E-state index in [1.54, 1.807) is 0 Å². The number of hydrogen-bond acceptors (Lipinski definition) is 5. The zero-order valence-corrected chi connectivity index (χ0v) is 7.18. The van der Waals surface area contributed by atoms with Crippen molar-refractivity contribution in [3.05, 3.63) is 23.3 Å². The van der Waals surface area contributed by atoms with E-state index in [-0.39, 0.29) is 11.6 Å². The van der Waals surface area contributed by atoms with Gasteiger partial charge in [-0.15, -0.1) is 4.73 Å². The number of carbonyl (C=O) groups is 1. The minimum atomic E-state index is -0.706. The fraction of sp³-hybridized carbons (Fsp3) is 0.286. The zero-order chi connectivity index (χ0) is 9.84. The maximum atomic E-state index is 11.0. The highest BCUT2D eigenvalue weighted by Crippen LogP contribution is 2.08. The lowest BCUT2D eigenvalue weighted by Gasteiger charge is -2.04. The van der Waals surface area contributed by atoms with Crippen molar-refractivity contribution in [1.29, 1.82) is 0 Å². The Bertz CT molecular complexity index is 326. The van der Waals surface area contributed by atoms with Crippen molar-refractivity contribution in [2.24, 2.45) is 0 Å². The number of esters is 1. The summed E-state index contributed by atoms with van der Waals surface area (Å²) >= 11 is 0. The second kappa shape index (κ2) is 3.70. The minimum Gasteiger partial charge on any atom is -0.616 e. The van der Waals surface area contributed by atoms with Crippen LogP contribution in [-0.2, 0) is 4.74 Å². The lowest BCUT2D eigenvalue weighted by molar-refractivity contribution is -0.613. The van der Waals surface area contributed by atoms with Gasteiger partial charge in [0.05, 0.1) is 20.4 Å². The average Bonchev–Trinajstić information content (AvgIpc) is 2.16. The van der Waals surface area contributed by atoms with Crippen molar-refractivity contribution < 1.29 is 19.0 Å². The fourth-order valence-corrected chi connectivity index (χ4v) is 0.819. The minimum absolute atomic E-state index is 0.137.